The summed E-state index contributed by atoms with van der Waals surface area (Å²) in [5.74, 6) is 0.00977. The number of hydrogen-bond donors (Lipinski definition) is 2. The molecule has 2 heterocycles. The number of nitrogens with zero attached hydrogens (tertiary/aromatic N) is 3. The summed E-state index contributed by atoms with van der Waals surface area (Å²) in [4.78, 5) is 19.9. The highest BCUT2D eigenvalue weighted by atomic mass is 32.1. The number of nitrogens with one attached hydrogen (secondary N) is 2. The summed E-state index contributed by atoms with van der Waals surface area (Å²) in [7, 11) is 0. The van der Waals surface area contributed by atoms with Crippen LogP contribution < -0.4 is 5.32 Å². The van der Waals surface area contributed by atoms with Crippen molar-refractivity contribution in [3.8, 4) is 0 Å². The van der Waals surface area contributed by atoms with Gasteiger partial charge in [-0.1, -0.05) is 6.07 Å². The number of benzene rings is 1. The van der Waals surface area contributed by atoms with Crippen LogP contribution in [0, 0.1) is 5.92 Å². The minimum absolute atomic E-state index is 0.0280. The van der Waals surface area contributed by atoms with Gasteiger partial charge in [-0.15, -0.1) is 0 Å². The summed E-state index contributed by atoms with van der Waals surface area (Å²) in [6.07, 6.45) is 4.09. The first kappa shape index (κ1) is 12.5. The predicted octanol–water partition coefficient (Wildman–Crippen LogP) is 2.16. The molecule has 1 aliphatic carbocycles. The molecule has 0 aliphatic heterocycles. The lowest BCUT2D eigenvalue weighted by Gasteiger charge is -2.20. The van der Waals surface area contributed by atoms with Gasteiger partial charge in [0.2, 0.25) is 5.91 Å². The van der Waals surface area contributed by atoms with E-state index in [2.05, 4.69) is 24.0 Å². The van der Waals surface area contributed by atoms with Crippen LogP contribution in [-0.2, 0) is 17.6 Å². The van der Waals surface area contributed by atoms with E-state index in [0.29, 0.717) is 6.42 Å². The number of anilines is 1. The second-order valence-electron chi connectivity index (χ2n) is 5.19. The molecule has 2 aromatic heterocycles. The minimum Gasteiger partial charge on any atom is -0.348 e. The van der Waals surface area contributed by atoms with Crippen LogP contribution in [0.15, 0.2) is 24.5 Å². The average Bonchev–Trinajstić information content (AvgIpc) is 3.15. The van der Waals surface area contributed by atoms with Gasteiger partial charge < -0.3 is 10.3 Å². The molecule has 1 aliphatic rings. The van der Waals surface area contributed by atoms with E-state index in [1.165, 1.54) is 0 Å². The van der Waals surface area contributed by atoms with Gasteiger partial charge in [-0.3, -0.25) is 4.79 Å². The Labute approximate surface area is 124 Å². The Morgan fingerprint density at radius 1 is 1.38 bits per heavy atom. The number of aromatic nitrogens is 4. The van der Waals surface area contributed by atoms with Gasteiger partial charge in [0.15, 0.2) is 0 Å². The third-order valence-corrected chi connectivity index (χ3v) is 4.44. The summed E-state index contributed by atoms with van der Waals surface area (Å²) in [5.41, 5.74) is 4.48. The Kier molecular flexibility index (Phi) is 2.92. The number of hydrogen-bond acceptors (Lipinski definition) is 5. The molecule has 1 amide bonds. The Bertz CT molecular complexity index is 808. The van der Waals surface area contributed by atoms with Crippen LogP contribution in [0.3, 0.4) is 0 Å². The maximum absolute atomic E-state index is 12.5. The first-order chi connectivity index (χ1) is 10.3. The van der Waals surface area contributed by atoms with Gasteiger partial charge >= 0.3 is 0 Å². The fourth-order valence-corrected chi connectivity index (χ4v) is 3.32. The van der Waals surface area contributed by atoms with Crippen molar-refractivity contribution in [1.82, 2.24) is 18.7 Å². The second kappa shape index (κ2) is 4.92. The summed E-state index contributed by atoms with van der Waals surface area (Å²) in [6.45, 7) is 0. The molecule has 1 aromatic carbocycles. The summed E-state index contributed by atoms with van der Waals surface area (Å²) in [6, 6.07) is 5.64. The molecule has 1 unspecified atom stereocenters. The first-order valence-electron chi connectivity index (χ1n) is 6.84. The number of H-pyrrole nitrogens is 1. The molecule has 0 fully saturated rings. The van der Waals surface area contributed by atoms with Crippen LogP contribution >= 0.6 is 11.7 Å². The Morgan fingerprint density at radius 3 is 3.29 bits per heavy atom. The number of imidazole rings is 1. The molecule has 0 radical (unpaired) electrons. The predicted molar refractivity (Wildman–Crippen MR) is 80.1 cm³/mol. The van der Waals surface area contributed by atoms with E-state index in [-0.39, 0.29) is 11.8 Å². The summed E-state index contributed by atoms with van der Waals surface area (Å²) in [5, 5.41) is 2.99. The molecule has 0 bridgehead atoms. The smallest absolute Gasteiger partial charge is 0.227 e. The summed E-state index contributed by atoms with van der Waals surface area (Å²) < 4.78 is 8.43. The van der Waals surface area contributed by atoms with Crippen molar-refractivity contribution in [3.63, 3.8) is 0 Å². The highest BCUT2D eigenvalue weighted by Gasteiger charge is 2.26. The number of aromatic amines is 1. The number of aryl methyl sites for hydroxylation is 1. The standard InChI is InChI=1S/C14H13N5OS/c20-14(8-4-5-9-12(6-8)16-7-15-9)17-10-2-1-3-11-13(10)19-21-18-11/h1-3,7-8H,4-6H2,(H,15,16)(H,17,20). The van der Waals surface area contributed by atoms with Crippen molar-refractivity contribution in [2.24, 2.45) is 5.92 Å². The van der Waals surface area contributed by atoms with E-state index in [4.69, 9.17) is 0 Å². The highest BCUT2D eigenvalue weighted by molar-refractivity contribution is 7.00. The fourth-order valence-electron chi connectivity index (χ4n) is 2.77. The van der Waals surface area contributed by atoms with Gasteiger partial charge in [0, 0.05) is 18.0 Å². The van der Waals surface area contributed by atoms with Gasteiger partial charge in [-0.25, -0.2) is 4.98 Å². The van der Waals surface area contributed by atoms with Crippen molar-refractivity contribution in [1.29, 1.82) is 0 Å². The second-order valence-corrected chi connectivity index (χ2v) is 5.72. The zero-order valence-corrected chi connectivity index (χ0v) is 12.0. The van der Waals surface area contributed by atoms with Crippen LogP contribution in [0.25, 0.3) is 11.0 Å². The third kappa shape index (κ3) is 2.19. The maximum atomic E-state index is 12.5. The Hall–Kier alpha value is -2.28. The molecule has 4 rings (SSSR count). The molecule has 6 nitrogen and oxygen atoms in total. The van der Waals surface area contributed by atoms with Gasteiger partial charge in [0.1, 0.15) is 11.0 Å². The fraction of sp³-hybridized carbons (Fsp3) is 0.286. The number of fused-ring (bicyclic) bond motifs is 2. The monoisotopic (exact) mass is 299 g/mol. The van der Waals surface area contributed by atoms with Gasteiger partial charge in [0.05, 0.1) is 29.4 Å². The highest BCUT2D eigenvalue weighted by Crippen LogP contribution is 2.26. The zero-order chi connectivity index (χ0) is 14.2. The minimum atomic E-state index is -0.0280. The molecule has 2 N–H and O–H groups in total. The Morgan fingerprint density at radius 2 is 2.33 bits per heavy atom. The lowest BCUT2D eigenvalue weighted by atomic mass is 9.89. The normalized spacial score (nSPS) is 17.6. The van der Waals surface area contributed by atoms with Crippen molar-refractivity contribution in [2.75, 3.05) is 5.32 Å². The third-order valence-electron chi connectivity index (χ3n) is 3.90. The van der Waals surface area contributed by atoms with Crippen LogP contribution in [0.5, 0.6) is 0 Å². The van der Waals surface area contributed by atoms with Crippen molar-refractivity contribution in [3.05, 3.63) is 35.9 Å². The number of carbonyl (C=O) groups is 1. The quantitative estimate of drug-likeness (QED) is 0.759. The molecular formula is C14H13N5OS. The van der Waals surface area contributed by atoms with Crippen molar-refractivity contribution < 1.29 is 4.79 Å². The maximum Gasteiger partial charge on any atom is 0.227 e. The number of amides is 1. The number of carbonyl (C=O) groups excluding carboxylic acids is 1. The molecule has 7 heteroatoms. The van der Waals surface area contributed by atoms with Crippen LogP contribution in [0.4, 0.5) is 5.69 Å². The van der Waals surface area contributed by atoms with Gasteiger partial charge in [0.25, 0.3) is 0 Å². The molecule has 21 heavy (non-hydrogen) atoms. The molecule has 0 saturated heterocycles. The topological polar surface area (TPSA) is 83.6 Å². The van der Waals surface area contributed by atoms with Gasteiger partial charge in [-0.05, 0) is 25.0 Å². The Balaban J connectivity index is 1.55. The van der Waals surface area contributed by atoms with Crippen LogP contribution in [-0.4, -0.2) is 24.6 Å². The van der Waals surface area contributed by atoms with Crippen LogP contribution in [0.1, 0.15) is 17.8 Å². The van der Waals surface area contributed by atoms with Crippen LogP contribution in [0.2, 0.25) is 0 Å². The number of rotatable bonds is 2. The van der Waals surface area contributed by atoms with E-state index < -0.39 is 0 Å². The molecule has 3 aromatic rings. The van der Waals surface area contributed by atoms with E-state index >= 15 is 0 Å². The average molecular weight is 299 g/mol. The largest absolute Gasteiger partial charge is 0.348 e. The zero-order valence-electron chi connectivity index (χ0n) is 11.2. The first-order valence-corrected chi connectivity index (χ1v) is 7.57. The summed E-state index contributed by atoms with van der Waals surface area (Å²) >= 11 is 1.16. The molecule has 1 atom stereocenters. The van der Waals surface area contributed by atoms with E-state index in [0.717, 1.165) is 52.7 Å². The lowest BCUT2D eigenvalue weighted by Crippen LogP contribution is -2.28. The lowest BCUT2D eigenvalue weighted by molar-refractivity contribution is -0.120. The molecular weight excluding hydrogens is 286 g/mol. The van der Waals surface area contributed by atoms with Crippen molar-refractivity contribution in [2.45, 2.75) is 19.3 Å². The van der Waals surface area contributed by atoms with Gasteiger partial charge in [-0.2, -0.15) is 8.75 Å². The van der Waals surface area contributed by atoms with E-state index in [1.54, 1.807) is 6.33 Å². The molecule has 0 spiro atoms. The molecule has 0 saturated carbocycles. The SMILES string of the molecule is O=C(Nc1cccc2nsnc12)C1CCc2nc[nH]c2C1. The van der Waals surface area contributed by atoms with E-state index in [9.17, 15) is 4.79 Å². The van der Waals surface area contributed by atoms with E-state index in [1.807, 2.05) is 18.2 Å². The van der Waals surface area contributed by atoms with Crippen molar-refractivity contribution >= 4 is 34.4 Å². The molecule has 106 valence electrons.